The second-order valence-electron chi connectivity index (χ2n) is 4.42. The molecule has 1 aromatic rings. The van der Waals surface area contributed by atoms with E-state index in [1.807, 2.05) is 30.3 Å². The number of carbonyl (C=O) groups is 1. The number of amides is 1. The third kappa shape index (κ3) is 6.29. The van der Waals surface area contributed by atoms with E-state index in [4.69, 9.17) is 5.73 Å². The molecule has 96 valence electrons. The molecule has 1 atom stereocenters. The molecule has 0 spiro atoms. The van der Waals surface area contributed by atoms with Gasteiger partial charge in [-0.3, -0.25) is 4.79 Å². The Labute approximate surface area is 109 Å². The highest BCUT2D eigenvalue weighted by atomic mass is 35.5. The molecule has 3 nitrogen and oxygen atoms in total. The molecule has 1 rings (SSSR count). The lowest BCUT2D eigenvalue weighted by Crippen LogP contribution is -2.30. The molecule has 0 fully saturated rings. The summed E-state index contributed by atoms with van der Waals surface area (Å²) in [5.74, 6) is 0.488. The van der Waals surface area contributed by atoms with Gasteiger partial charge in [0, 0.05) is 19.0 Å². The van der Waals surface area contributed by atoms with E-state index in [1.165, 1.54) is 0 Å². The zero-order chi connectivity index (χ0) is 12.0. The average molecular weight is 257 g/mol. The molecule has 1 unspecified atom stereocenters. The molecule has 0 saturated heterocycles. The summed E-state index contributed by atoms with van der Waals surface area (Å²) in [6, 6.07) is 9.48. The fraction of sp³-hybridized carbons (Fsp3) is 0.462. The summed E-state index contributed by atoms with van der Waals surface area (Å²) in [7, 11) is 0. The van der Waals surface area contributed by atoms with Gasteiger partial charge in [-0.15, -0.1) is 12.4 Å². The molecule has 1 aromatic carbocycles. The van der Waals surface area contributed by atoms with Crippen LogP contribution in [0.2, 0.25) is 0 Å². The van der Waals surface area contributed by atoms with Crippen molar-refractivity contribution in [3.05, 3.63) is 35.9 Å². The monoisotopic (exact) mass is 256 g/mol. The molecule has 0 saturated carbocycles. The zero-order valence-corrected chi connectivity index (χ0v) is 11.2. The highest BCUT2D eigenvalue weighted by molar-refractivity contribution is 5.85. The van der Waals surface area contributed by atoms with E-state index in [0.29, 0.717) is 18.9 Å². The van der Waals surface area contributed by atoms with Gasteiger partial charge in [0.05, 0.1) is 0 Å². The number of halogens is 1. The molecule has 0 aromatic heterocycles. The first kappa shape index (κ1) is 15.9. The molecule has 17 heavy (non-hydrogen) atoms. The van der Waals surface area contributed by atoms with Crippen molar-refractivity contribution >= 4 is 18.3 Å². The molecule has 0 aliphatic carbocycles. The van der Waals surface area contributed by atoms with Gasteiger partial charge in [0.2, 0.25) is 5.91 Å². The van der Waals surface area contributed by atoms with Gasteiger partial charge in [-0.25, -0.2) is 0 Å². The molecule has 0 bridgehead atoms. The lowest BCUT2D eigenvalue weighted by molar-refractivity contribution is -0.121. The van der Waals surface area contributed by atoms with Crippen LogP contribution in [-0.2, 0) is 4.79 Å². The van der Waals surface area contributed by atoms with Crippen molar-refractivity contribution in [2.45, 2.75) is 26.3 Å². The van der Waals surface area contributed by atoms with Crippen molar-refractivity contribution in [2.75, 3.05) is 6.54 Å². The number of hydrogen-bond donors (Lipinski definition) is 2. The summed E-state index contributed by atoms with van der Waals surface area (Å²) >= 11 is 0. The van der Waals surface area contributed by atoms with Gasteiger partial charge >= 0.3 is 0 Å². The number of nitrogens with two attached hydrogens (primary N) is 1. The van der Waals surface area contributed by atoms with Crippen LogP contribution in [0.4, 0.5) is 0 Å². The maximum absolute atomic E-state index is 11.5. The third-order valence-electron chi connectivity index (χ3n) is 2.34. The fourth-order valence-corrected chi connectivity index (χ4v) is 1.41. The number of rotatable bonds is 5. The summed E-state index contributed by atoms with van der Waals surface area (Å²) in [5, 5.41) is 2.86. The molecule has 3 N–H and O–H groups in total. The van der Waals surface area contributed by atoms with Crippen LogP contribution >= 0.6 is 12.4 Å². The van der Waals surface area contributed by atoms with Gasteiger partial charge in [-0.2, -0.15) is 0 Å². The van der Waals surface area contributed by atoms with Crippen molar-refractivity contribution in [3.63, 3.8) is 0 Å². The van der Waals surface area contributed by atoms with E-state index in [9.17, 15) is 4.79 Å². The second kappa shape index (κ2) is 8.09. The third-order valence-corrected chi connectivity index (χ3v) is 2.34. The summed E-state index contributed by atoms with van der Waals surface area (Å²) in [5.41, 5.74) is 6.94. The fourth-order valence-electron chi connectivity index (χ4n) is 1.41. The van der Waals surface area contributed by atoms with E-state index in [1.54, 1.807) is 0 Å². The zero-order valence-electron chi connectivity index (χ0n) is 10.3. The Bertz CT molecular complexity index is 327. The Morgan fingerprint density at radius 3 is 2.41 bits per heavy atom. The van der Waals surface area contributed by atoms with Crippen molar-refractivity contribution in [3.8, 4) is 0 Å². The highest BCUT2D eigenvalue weighted by Gasteiger charge is 2.10. The minimum atomic E-state index is -0.214. The van der Waals surface area contributed by atoms with Gasteiger partial charge in [0.1, 0.15) is 0 Å². The first-order chi connectivity index (χ1) is 7.59. The topological polar surface area (TPSA) is 55.1 Å². The van der Waals surface area contributed by atoms with Crippen LogP contribution < -0.4 is 11.1 Å². The summed E-state index contributed by atoms with van der Waals surface area (Å²) in [4.78, 5) is 11.5. The van der Waals surface area contributed by atoms with Gasteiger partial charge in [-0.1, -0.05) is 44.2 Å². The van der Waals surface area contributed by atoms with Crippen molar-refractivity contribution in [1.82, 2.24) is 5.32 Å². The highest BCUT2D eigenvalue weighted by Crippen LogP contribution is 2.12. The van der Waals surface area contributed by atoms with Crippen LogP contribution in [0.1, 0.15) is 31.9 Å². The normalized spacial score (nSPS) is 11.8. The summed E-state index contributed by atoms with van der Waals surface area (Å²) in [6.07, 6.45) is 0.344. The Balaban J connectivity index is 0.00000256. The smallest absolute Gasteiger partial charge is 0.221 e. The number of benzene rings is 1. The first-order valence-corrected chi connectivity index (χ1v) is 5.67. The average Bonchev–Trinajstić information content (AvgIpc) is 2.27. The number of carbonyl (C=O) groups excluding carboxylic acids is 1. The van der Waals surface area contributed by atoms with Crippen LogP contribution in [0.25, 0.3) is 0 Å². The first-order valence-electron chi connectivity index (χ1n) is 5.67. The van der Waals surface area contributed by atoms with E-state index in [2.05, 4.69) is 19.2 Å². The van der Waals surface area contributed by atoms with Gasteiger partial charge in [0.25, 0.3) is 0 Å². The Morgan fingerprint density at radius 2 is 1.88 bits per heavy atom. The van der Waals surface area contributed by atoms with Crippen LogP contribution in [0.15, 0.2) is 30.3 Å². The molecule has 0 heterocycles. The van der Waals surface area contributed by atoms with E-state index in [0.717, 1.165) is 5.56 Å². The van der Waals surface area contributed by atoms with E-state index < -0.39 is 0 Å². The molecule has 4 heteroatoms. The molecule has 0 aliphatic heterocycles. The minimum Gasteiger partial charge on any atom is -0.356 e. The molecule has 0 radical (unpaired) electrons. The summed E-state index contributed by atoms with van der Waals surface area (Å²) < 4.78 is 0. The number of hydrogen-bond acceptors (Lipinski definition) is 2. The molecular formula is C13H21ClN2O. The van der Waals surface area contributed by atoms with Gasteiger partial charge in [0.15, 0.2) is 0 Å². The Hall–Kier alpha value is -1.06. The molecule has 0 aliphatic rings. The standard InChI is InChI=1S/C13H20N2O.ClH/c1-10(2)9-15-13(16)8-12(14)11-6-4-3-5-7-11;/h3-7,10,12H,8-9,14H2,1-2H3,(H,15,16);1H. The maximum Gasteiger partial charge on any atom is 0.221 e. The largest absolute Gasteiger partial charge is 0.356 e. The predicted molar refractivity (Wildman–Crippen MR) is 73.1 cm³/mol. The SMILES string of the molecule is CC(C)CNC(=O)CC(N)c1ccccc1.Cl. The van der Waals surface area contributed by atoms with Gasteiger partial charge in [-0.05, 0) is 11.5 Å². The van der Waals surface area contributed by atoms with Crippen LogP contribution in [-0.4, -0.2) is 12.5 Å². The van der Waals surface area contributed by atoms with Crippen molar-refractivity contribution in [2.24, 2.45) is 11.7 Å². The number of nitrogens with one attached hydrogen (secondary N) is 1. The van der Waals surface area contributed by atoms with Crippen molar-refractivity contribution < 1.29 is 4.79 Å². The van der Waals surface area contributed by atoms with E-state index in [-0.39, 0.29) is 24.4 Å². The van der Waals surface area contributed by atoms with Crippen LogP contribution in [0, 0.1) is 5.92 Å². The summed E-state index contributed by atoms with van der Waals surface area (Å²) in [6.45, 7) is 4.84. The van der Waals surface area contributed by atoms with Crippen LogP contribution in [0.5, 0.6) is 0 Å². The quantitative estimate of drug-likeness (QED) is 0.849. The predicted octanol–water partition coefficient (Wildman–Crippen LogP) is 2.27. The Morgan fingerprint density at radius 1 is 1.29 bits per heavy atom. The van der Waals surface area contributed by atoms with Crippen molar-refractivity contribution in [1.29, 1.82) is 0 Å². The lowest BCUT2D eigenvalue weighted by Gasteiger charge is -2.13. The molecule has 1 amide bonds. The van der Waals surface area contributed by atoms with E-state index >= 15 is 0 Å². The maximum atomic E-state index is 11.5. The Kier molecular flexibility index (Phi) is 7.59. The molecular weight excluding hydrogens is 236 g/mol. The lowest BCUT2D eigenvalue weighted by atomic mass is 10.0. The minimum absolute atomic E-state index is 0. The van der Waals surface area contributed by atoms with Gasteiger partial charge < -0.3 is 11.1 Å². The van der Waals surface area contributed by atoms with Crippen LogP contribution in [0.3, 0.4) is 0 Å². The second-order valence-corrected chi connectivity index (χ2v) is 4.42.